The van der Waals surface area contributed by atoms with E-state index in [-0.39, 0.29) is 18.8 Å². The highest BCUT2D eigenvalue weighted by Crippen LogP contribution is 2.27. The van der Waals surface area contributed by atoms with Crippen LogP contribution >= 0.6 is 0 Å². The number of hydrogen-bond acceptors (Lipinski definition) is 5. The van der Waals surface area contributed by atoms with Gasteiger partial charge in [0.15, 0.2) is 0 Å². The molecule has 1 aliphatic rings. The third-order valence-electron chi connectivity index (χ3n) is 5.59. The van der Waals surface area contributed by atoms with Crippen LogP contribution in [0.4, 0.5) is 0 Å². The molecule has 0 unspecified atom stereocenters. The zero-order chi connectivity index (χ0) is 22.0. The van der Waals surface area contributed by atoms with Crippen LogP contribution in [0.1, 0.15) is 16.7 Å². The fourth-order valence-corrected chi connectivity index (χ4v) is 3.84. The van der Waals surface area contributed by atoms with E-state index >= 15 is 0 Å². The van der Waals surface area contributed by atoms with E-state index in [2.05, 4.69) is 0 Å². The van der Waals surface area contributed by atoms with Crippen molar-refractivity contribution in [2.45, 2.75) is 44.2 Å². The average molecular weight is 435 g/mol. The highest BCUT2D eigenvalue weighted by molar-refractivity contribution is 5.15. The molecule has 1 heterocycles. The second-order valence-electron chi connectivity index (χ2n) is 7.91. The van der Waals surface area contributed by atoms with Crippen molar-refractivity contribution in [1.82, 2.24) is 0 Å². The fraction of sp³-hybridized carbons (Fsp3) is 0.333. The molecule has 1 saturated heterocycles. The summed E-state index contributed by atoms with van der Waals surface area (Å²) in [6.07, 6.45) is -1.54. The van der Waals surface area contributed by atoms with E-state index in [1.165, 1.54) is 0 Å². The summed E-state index contributed by atoms with van der Waals surface area (Å²) in [5, 5.41) is 10.1. The molecule has 0 aromatic heterocycles. The third-order valence-corrected chi connectivity index (χ3v) is 5.59. The fourth-order valence-electron chi connectivity index (χ4n) is 3.84. The topological polar surface area (TPSA) is 57.2 Å². The largest absolute Gasteiger partial charge is 0.394 e. The smallest absolute Gasteiger partial charge is 0.115 e. The Balaban J connectivity index is 1.43. The van der Waals surface area contributed by atoms with Crippen LogP contribution in [0.5, 0.6) is 0 Å². The van der Waals surface area contributed by atoms with Gasteiger partial charge in [-0.2, -0.15) is 0 Å². The van der Waals surface area contributed by atoms with Gasteiger partial charge in [-0.1, -0.05) is 91.0 Å². The SMILES string of the molecule is OC[C@H](OCc1ccccc1)[C@H]1OC[C@@H](OCc2ccccc2)[C@@H]1OCc1ccccc1. The van der Waals surface area contributed by atoms with Crippen LogP contribution in [0.15, 0.2) is 91.0 Å². The van der Waals surface area contributed by atoms with E-state index < -0.39 is 12.2 Å². The molecule has 1 aliphatic heterocycles. The summed E-state index contributed by atoms with van der Waals surface area (Å²) in [4.78, 5) is 0. The van der Waals surface area contributed by atoms with Gasteiger partial charge in [0.2, 0.25) is 0 Å². The molecule has 3 aromatic carbocycles. The molecule has 4 atom stereocenters. The standard InChI is InChI=1S/C27H30O5/c28-16-24(29-17-21-10-4-1-5-11-21)26-27(31-19-23-14-8-3-9-15-23)25(20-32-26)30-18-22-12-6-2-7-13-22/h1-15,24-28H,16-20H2/t24-,25+,26+,27-/m0/s1. The summed E-state index contributed by atoms with van der Waals surface area (Å²) in [6, 6.07) is 30.0. The lowest BCUT2D eigenvalue weighted by molar-refractivity contribution is -0.129. The molecule has 0 amide bonds. The van der Waals surface area contributed by atoms with E-state index in [1.54, 1.807) is 0 Å². The second kappa shape index (κ2) is 11.9. The first-order valence-corrected chi connectivity index (χ1v) is 11.0. The van der Waals surface area contributed by atoms with Crippen LogP contribution in [0, 0.1) is 0 Å². The molecule has 168 valence electrons. The first-order valence-electron chi connectivity index (χ1n) is 11.0. The maximum absolute atomic E-state index is 10.1. The van der Waals surface area contributed by atoms with Crippen molar-refractivity contribution in [2.75, 3.05) is 13.2 Å². The van der Waals surface area contributed by atoms with Crippen molar-refractivity contribution in [3.8, 4) is 0 Å². The monoisotopic (exact) mass is 434 g/mol. The predicted molar refractivity (Wildman–Crippen MR) is 122 cm³/mol. The number of aliphatic hydroxyl groups is 1. The van der Waals surface area contributed by atoms with E-state index in [9.17, 15) is 5.11 Å². The third kappa shape index (κ3) is 6.25. The molecule has 0 aliphatic carbocycles. The van der Waals surface area contributed by atoms with Crippen molar-refractivity contribution in [1.29, 1.82) is 0 Å². The van der Waals surface area contributed by atoms with Crippen LogP contribution in [0.2, 0.25) is 0 Å². The molecule has 1 fully saturated rings. The molecule has 5 heteroatoms. The number of aliphatic hydroxyl groups excluding tert-OH is 1. The minimum Gasteiger partial charge on any atom is -0.394 e. The maximum atomic E-state index is 10.1. The summed E-state index contributed by atoms with van der Waals surface area (Å²) in [7, 11) is 0. The molecule has 3 aromatic rings. The Labute approximate surface area is 189 Å². The minimum absolute atomic E-state index is 0.159. The van der Waals surface area contributed by atoms with E-state index in [1.807, 2.05) is 91.0 Å². The Bertz CT molecular complexity index is 903. The highest BCUT2D eigenvalue weighted by atomic mass is 16.6. The zero-order valence-electron chi connectivity index (χ0n) is 18.1. The summed E-state index contributed by atoms with van der Waals surface area (Å²) >= 11 is 0. The van der Waals surface area contributed by atoms with Crippen molar-refractivity contribution in [3.05, 3.63) is 108 Å². The van der Waals surface area contributed by atoms with Crippen LogP contribution in [0.3, 0.4) is 0 Å². The molecule has 1 N–H and O–H groups in total. The quantitative estimate of drug-likeness (QED) is 0.492. The summed E-state index contributed by atoms with van der Waals surface area (Å²) in [6.45, 7) is 1.54. The normalized spacial score (nSPS) is 21.5. The lowest BCUT2D eigenvalue weighted by atomic mass is 10.1. The van der Waals surface area contributed by atoms with Gasteiger partial charge in [0.05, 0.1) is 33.0 Å². The van der Waals surface area contributed by atoms with Crippen LogP contribution < -0.4 is 0 Å². The van der Waals surface area contributed by atoms with Gasteiger partial charge in [-0.05, 0) is 16.7 Å². The van der Waals surface area contributed by atoms with Crippen LogP contribution in [0.25, 0.3) is 0 Å². The van der Waals surface area contributed by atoms with Gasteiger partial charge in [-0.15, -0.1) is 0 Å². The number of hydrogen-bond donors (Lipinski definition) is 1. The van der Waals surface area contributed by atoms with Gasteiger partial charge in [0, 0.05) is 0 Å². The predicted octanol–water partition coefficient (Wildman–Crippen LogP) is 4.13. The van der Waals surface area contributed by atoms with Gasteiger partial charge in [0.1, 0.15) is 24.4 Å². The summed E-state index contributed by atoms with van der Waals surface area (Å²) in [5.74, 6) is 0. The first kappa shape index (κ1) is 22.6. The van der Waals surface area contributed by atoms with Gasteiger partial charge in [-0.25, -0.2) is 0 Å². The Kier molecular flexibility index (Phi) is 8.42. The number of rotatable bonds is 11. The average Bonchev–Trinajstić information content (AvgIpc) is 3.26. The van der Waals surface area contributed by atoms with Crippen molar-refractivity contribution in [2.24, 2.45) is 0 Å². The number of ether oxygens (including phenoxy) is 4. The molecule has 0 radical (unpaired) electrons. The van der Waals surface area contributed by atoms with Crippen molar-refractivity contribution in [3.63, 3.8) is 0 Å². The van der Waals surface area contributed by atoms with Gasteiger partial charge >= 0.3 is 0 Å². The molecule has 0 saturated carbocycles. The maximum Gasteiger partial charge on any atom is 0.115 e. The molecule has 4 rings (SSSR count). The Morgan fingerprint density at radius 3 is 1.75 bits per heavy atom. The van der Waals surface area contributed by atoms with Gasteiger partial charge in [-0.3, -0.25) is 0 Å². The van der Waals surface area contributed by atoms with Gasteiger partial charge in [0.25, 0.3) is 0 Å². The Morgan fingerprint density at radius 2 is 1.22 bits per heavy atom. The lowest BCUT2D eigenvalue weighted by Crippen LogP contribution is -2.44. The number of benzene rings is 3. The summed E-state index contributed by atoms with van der Waals surface area (Å²) in [5.41, 5.74) is 3.21. The Hall–Kier alpha value is -2.54. The molecule has 5 nitrogen and oxygen atoms in total. The first-order chi connectivity index (χ1) is 15.8. The zero-order valence-corrected chi connectivity index (χ0v) is 18.1. The molecule has 0 spiro atoms. The van der Waals surface area contributed by atoms with E-state index in [0.717, 1.165) is 16.7 Å². The molecule has 32 heavy (non-hydrogen) atoms. The van der Waals surface area contributed by atoms with E-state index in [4.69, 9.17) is 18.9 Å². The van der Waals surface area contributed by atoms with Crippen molar-refractivity contribution < 1.29 is 24.1 Å². The van der Waals surface area contributed by atoms with Gasteiger partial charge < -0.3 is 24.1 Å². The molecule has 0 bridgehead atoms. The van der Waals surface area contributed by atoms with Crippen LogP contribution in [-0.4, -0.2) is 42.7 Å². The lowest BCUT2D eigenvalue weighted by Gasteiger charge is -2.28. The van der Waals surface area contributed by atoms with E-state index in [0.29, 0.717) is 26.4 Å². The van der Waals surface area contributed by atoms with Crippen molar-refractivity contribution >= 4 is 0 Å². The molecular weight excluding hydrogens is 404 g/mol. The minimum atomic E-state index is -0.513. The Morgan fingerprint density at radius 1 is 0.719 bits per heavy atom. The molecular formula is C27H30O5. The second-order valence-corrected chi connectivity index (χ2v) is 7.91. The van der Waals surface area contributed by atoms with Crippen LogP contribution in [-0.2, 0) is 38.8 Å². The highest BCUT2D eigenvalue weighted by Gasteiger charge is 2.43. The summed E-state index contributed by atoms with van der Waals surface area (Å²) < 4.78 is 24.6.